The van der Waals surface area contributed by atoms with Gasteiger partial charge in [-0.15, -0.1) is 0 Å². The molecule has 3 amide bonds. The van der Waals surface area contributed by atoms with E-state index in [4.69, 9.17) is 9.47 Å². The number of nitrogens with zero attached hydrogens (tertiary/aromatic N) is 1. The summed E-state index contributed by atoms with van der Waals surface area (Å²) in [5.74, 6) is -1.51. The van der Waals surface area contributed by atoms with E-state index in [2.05, 4.69) is 5.32 Å². The fourth-order valence-corrected chi connectivity index (χ4v) is 2.09. The molecule has 1 N–H and O–H groups in total. The zero-order valence-electron chi connectivity index (χ0n) is 13.7. The smallest absolute Gasteiger partial charge is 0.350 e. The highest BCUT2D eigenvalue weighted by Gasteiger charge is 2.37. The van der Waals surface area contributed by atoms with E-state index in [1.54, 1.807) is 0 Å². The lowest BCUT2D eigenvalue weighted by molar-refractivity contribution is -0.169. The van der Waals surface area contributed by atoms with E-state index < -0.39 is 35.4 Å². The number of carbonyl (C=O) groups is 3. The van der Waals surface area contributed by atoms with Crippen LogP contribution in [0.1, 0.15) is 20.8 Å². The van der Waals surface area contributed by atoms with Gasteiger partial charge in [0.1, 0.15) is 11.6 Å². The van der Waals surface area contributed by atoms with Crippen LogP contribution in [-0.4, -0.2) is 47.6 Å². The molecule has 130 valence electrons. The second-order valence-corrected chi connectivity index (χ2v) is 5.84. The molecule has 1 aromatic rings. The van der Waals surface area contributed by atoms with Gasteiger partial charge in [0.05, 0.1) is 0 Å². The summed E-state index contributed by atoms with van der Waals surface area (Å²) in [5.41, 5.74) is -1.39. The molecule has 2 rings (SSSR count). The van der Waals surface area contributed by atoms with Crippen LogP contribution < -0.4 is 10.1 Å². The largest absolute Gasteiger partial charge is 0.476 e. The van der Waals surface area contributed by atoms with Gasteiger partial charge in [-0.1, -0.05) is 0 Å². The van der Waals surface area contributed by atoms with Gasteiger partial charge in [-0.25, -0.2) is 14.0 Å². The van der Waals surface area contributed by atoms with Crippen molar-refractivity contribution in [2.24, 2.45) is 0 Å². The Kier molecular flexibility index (Phi) is 5.06. The molecule has 7 nitrogen and oxygen atoms in total. The highest BCUT2D eigenvalue weighted by Crippen LogP contribution is 2.20. The van der Waals surface area contributed by atoms with E-state index in [9.17, 15) is 18.8 Å². The van der Waals surface area contributed by atoms with E-state index >= 15 is 0 Å². The maximum absolute atomic E-state index is 12.9. The Hall–Kier alpha value is -2.64. The fourth-order valence-electron chi connectivity index (χ4n) is 2.09. The maximum atomic E-state index is 12.9. The lowest BCUT2D eigenvalue weighted by atomic mass is 10.1. The number of hydrogen-bond acceptors (Lipinski definition) is 5. The third-order valence-electron chi connectivity index (χ3n) is 3.43. The predicted molar refractivity (Wildman–Crippen MR) is 81.8 cm³/mol. The Morgan fingerprint density at radius 1 is 1.29 bits per heavy atom. The Bertz CT molecular complexity index is 644. The molecule has 1 atom stereocenters. The molecule has 1 fully saturated rings. The molecule has 0 unspecified atom stereocenters. The minimum absolute atomic E-state index is 0.231. The zero-order valence-corrected chi connectivity index (χ0v) is 13.7. The molecular formula is C16H19FN2O5. The van der Waals surface area contributed by atoms with E-state index in [1.165, 1.54) is 45.0 Å². The zero-order chi connectivity index (χ0) is 17.9. The third kappa shape index (κ3) is 4.01. The van der Waals surface area contributed by atoms with Crippen molar-refractivity contribution in [3.8, 4) is 5.75 Å². The normalized spacial score (nSPS) is 15.7. The van der Waals surface area contributed by atoms with Crippen molar-refractivity contribution in [1.29, 1.82) is 0 Å². The van der Waals surface area contributed by atoms with Crippen molar-refractivity contribution < 1.29 is 28.2 Å². The lowest BCUT2D eigenvalue weighted by Gasteiger charge is -2.26. The highest BCUT2D eigenvalue weighted by molar-refractivity contribution is 5.98. The first-order valence-electron chi connectivity index (χ1n) is 7.45. The summed E-state index contributed by atoms with van der Waals surface area (Å²) in [6.45, 7) is 4.93. The number of hydrogen-bond donors (Lipinski definition) is 1. The molecule has 1 aliphatic rings. The molecule has 0 aliphatic carbocycles. The first-order chi connectivity index (χ1) is 11.2. The van der Waals surface area contributed by atoms with Crippen LogP contribution in [0.4, 0.5) is 9.18 Å². The molecule has 1 aliphatic heterocycles. The number of nitrogens with one attached hydrogen (secondary N) is 1. The van der Waals surface area contributed by atoms with Gasteiger partial charge in [0, 0.05) is 13.1 Å². The van der Waals surface area contributed by atoms with Crippen LogP contribution >= 0.6 is 0 Å². The molecule has 0 saturated carbocycles. The summed E-state index contributed by atoms with van der Waals surface area (Å²) in [6, 6.07) is 4.66. The summed E-state index contributed by atoms with van der Waals surface area (Å²) >= 11 is 0. The van der Waals surface area contributed by atoms with E-state index in [-0.39, 0.29) is 12.3 Å². The second-order valence-electron chi connectivity index (χ2n) is 5.84. The SMILES string of the molecule is C[C@@H](OC(=O)C(C)(C)Oc1ccc(F)cc1)C(=O)N1CCNC1=O. The number of imide groups is 1. The minimum atomic E-state index is -1.39. The average molecular weight is 338 g/mol. The quantitative estimate of drug-likeness (QED) is 0.822. The number of urea groups is 1. The van der Waals surface area contributed by atoms with Crippen LogP contribution in [-0.2, 0) is 14.3 Å². The van der Waals surface area contributed by atoms with Crippen molar-refractivity contribution in [3.05, 3.63) is 30.1 Å². The van der Waals surface area contributed by atoms with E-state index in [0.29, 0.717) is 6.54 Å². The van der Waals surface area contributed by atoms with Gasteiger partial charge in [-0.05, 0) is 45.0 Å². The van der Waals surface area contributed by atoms with Crippen LogP contribution in [0.3, 0.4) is 0 Å². The molecule has 1 aromatic carbocycles. The lowest BCUT2D eigenvalue weighted by Crippen LogP contribution is -2.46. The van der Waals surface area contributed by atoms with E-state index in [1.807, 2.05) is 0 Å². The first-order valence-corrected chi connectivity index (χ1v) is 7.45. The van der Waals surface area contributed by atoms with Gasteiger partial charge in [-0.3, -0.25) is 9.69 Å². The highest BCUT2D eigenvalue weighted by atomic mass is 19.1. The van der Waals surface area contributed by atoms with Gasteiger partial charge in [-0.2, -0.15) is 0 Å². The third-order valence-corrected chi connectivity index (χ3v) is 3.43. The van der Waals surface area contributed by atoms with Crippen LogP contribution in [0.15, 0.2) is 24.3 Å². The minimum Gasteiger partial charge on any atom is -0.476 e. The Morgan fingerprint density at radius 2 is 1.92 bits per heavy atom. The Balaban J connectivity index is 1.97. The number of carbonyl (C=O) groups excluding carboxylic acids is 3. The standard InChI is InChI=1S/C16H19FN2O5/c1-10(13(20)19-9-8-18-15(19)22)23-14(21)16(2,3)24-12-6-4-11(17)5-7-12/h4-7,10H,8-9H2,1-3H3,(H,18,22)/t10-/m1/s1. The monoisotopic (exact) mass is 338 g/mol. The van der Waals surface area contributed by atoms with Crippen LogP contribution in [0, 0.1) is 5.82 Å². The Labute approximate surface area is 138 Å². The molecule has 0 radical (unpaired) electrons. The summed E-state index contributed by atoms with van der Waals surface area (Å²) in [7, 11) is 0. The molecule has 1 heterocycles. The Morgan fingerprint density at radius 3 is 2.46 bits per heavy atom. The molecule has 1 saturated heterocycles. The number of esters is 1. The van der Waals surface area contributed by atoms with E-state index in [0.717, 1.165) is 4.90 Å². The molecule has 0 aromatic heterocycles. The maximum Gasteiger partial charge on any atom is 0.350 e. The van der Waals surface area contributed by atoms with Gasteiger partial charge in [0.25, 0.3) is 5.91 Å². The second kappa shape index (κ2) is 6.86. The van der Waals surface area contributed by atoms with Crippen LogP contribution in [0.5, 0.6) is 5.75 Å². The van der Waals surface area contributed by atoms with Gasteiger partial charge >= 0.3 is 12.0 Å². The van der Waals surface area contributed by atoms with Crippen LogP contribution in [0.25, 0.3) is 0 Å². The van der Waals surface area contributed by atoms with Crippen molar-refractivity contribution in [3.63, 3.8) is 0 Å². The number of rotatable bonds is 5. The van der Waals surface area contributed by atoms with Crippen LogP contribution in [0.2, 0.25) is 0 Å². The fraction of sp³-hybridized carbons (Fsp3) is 0.438. The molecule has 8 heteroatoms. The van der Waals surface area contributed by atoms with Gasteiger partial charge in [0.15, 0.2) is 11.7 Å². The molecule has 0 spiro atoms. The molecule has 0 bridgehead atoms. The van der Waals surface area contributed by atoms with Gasteiger partial charge < -0.3 is 14.8 Å². The van der Waals surface area contributed by atoms with Crippen molar-refractivity contribution in [1.82, 2.24) is 10.2 Å². The average Bonchev–Trinajstić information content (AvgIpc) is 2.94. The summed E-state index contributed by atoms with van der Waals surface area (Å²) in [6.07, 6.45) is -1.13. The van der Waals surface area contributed by atoms with Crippen molar-refractivity contribution in [2.45, 2.75) is 32.5 Å². The number of benzene rings is 1. The van der Waals surface area contributed by atoms with Crippen molar-refractivity contribution in [2.75, 3.05) is 13.1 Å². The molecule has 24 heavy (non-hydrogen) atoms. The van der Waals surface area contributed by atoms with Gasteiger partial charge in [0.2, 0.25) is 0 Å². The number of amides is 3. The first kappa shape index (κ1) is 17.7. The summed E-state index contributed by atoms with van der Waals surface area (Å²) in [4.78, 5) is 36.8. The van der Waals surface area contributed by atoms with Crippen molar-refractivity contribution >= 4 is 17.9 Å². The summed E-state index contributed by atoms with van der Waals surface area (Å²) in [5, 5.41) is 2.50. The molecular weight excluding hydrogens is 319 g/mol. The predicted octanol–water partition coefficient (Wildman–Crippen LogP) is 1.47. The summed E-state index contributed by atoms with van der Waals surface area (Å²) < 4.78 is 23.5. The number of halogens is 1. The number of ether oxygens (including phenoxy) is 2. The topological polar surface area (TPSA) is 84.9 Å².